The molecule has 0 saturated carbocycles. The van der Waals surface area contributed by atoms with Gasteiger partial charge in [0.15, 0.2) is 0 Å². The molecule has 0 spiro atoms. The Morgan fingerprint density at radius 2 is 1.64 bits per heavy atom. The van der Waals surface area contributed by atoms with Crippen LogP contribution in [0.15, 0.2) is 58.2 Å². The summed E-state index contributed by atoms with van der Waals surface area (Å²) in [6.07, 6.45) is 14.5. The lowest BCUT2D eigenvalue weighted by atomic mass is 10.1. The summed E-state index contributed by atoms with van der Waals surface area (Å²) in [5, 5.41) is 0. The summed E-state index contributed by atoms with van der Waals surface area (Å²) in [5.74, 6) is 0. The van der Waals surface area contributed by atoms with Gasteiger partial charge < -0.3 is 0 Å². The molecular formula is C10H7Br. The molecule has 0 aromatic heterocycles. The summed E-state index contributed by atoms with van der Waals surface area (Å²) in [6.45, 7) is 0. The van der Waals surface area contributed by atoms with Crippen LogP contribution in [0, 0.1) is 0 Å². The first-order valence-electron chi connectivity index (χ1n) is 3.51. The minimum atomic E-state index is 1.17. The Labute approximate surface area is 74.4 Å². The fourth-order valence-corrected chi connectivity index (χ4v) is 1.70. The van der Waals surface area contributed by atoms with E-state index in [9.17, 15) is 0 Å². The van der Waals surface area contributed by atoms with Gasteiger partial charge in [0.25, 0.3) is 0 Å². The standard InChI is InChI=1S/C10H7Br/c11-10-7-3-6-9(10)8-4-1-2-5-8/h1-7H. The first-order chi connectivity index (χ1) is 5.38. The van der Waals surface area contributed by atoms with Gasteiger partial charge in [-0.1, -0.05) is 52.4 Å². The zero-order valence-corrected chi connectivity index (χ0v) is 7.51. The van der Waals surface area contributed by atoms with Crippen LogP contribution in [-0.2, 0) is 0 Å². The first-order valence-corrected chi connectivity index (χ1v) is 4.30. The van der Waals surface area contributed by atoms with E-state index < -0.39 is 0 Å². The zero-order valence-electron chi connectivity index (χ0n) is 5.92. The lowest BCUT2D eigenvalue weighted by molar-refractivity contribution is 1.62. The van der Waals surface area contributed by atoms with Crippen molar-refractivity contribution in [2.75, 3.05) is 0 Å². The van der Waals surface area contributed by atoms with Gasteiger partial charge in [-0.3, -0.25) is 0 Å². The predicted molar refractivity (Wildman–Crippen MR) is 51.5 cm³/mol. The molecule has 2 aliphatic carbocycles. The largest absolute Gasteiger partial charge is 0.0616 e. The molecular weight excluding hydrogens is 200 g/mol. The van der Waals surface area contributed by atoms with Crippen LogP contribution in [0.5, 0.6) is 0 Å². The molecule has 0 nitrogen and oxygen atoms in total. The highest BCUT2D eigenvalue weighted by molar-refractivity contribution is 9.12. The minimum Gasteiger partial charge on any atom is -0.0616 e. The van der Waals surface area contributed by atoms with Crippen molar-refractivity contribution >= 4 is 15.9 Å². The number of hydrogen-bond acceptors (Lipinski definition) is 0. The maximum absolute atomic E-state index is 3.49. The van der Waals surface area contributed by atoms with Crippen molar-refractivity contribution in [1.82, 2.24) is 0 Å². The Kier molecular flexibility index (Phi) is 1.66. The third-order valence-electron chi connectivity index (χ3n) is 1.74. The molecule has 0 saturated heterocycles. The van der Waals surface area contributed by atoms with E-state index in [1.54, 1.807) is 0 Å². The van der Waals surface area contributed by atoms with Gasteiger partial charge in [-0.05, 0) is 17.2 Å². The molecule has 0 heterocycles. The summed E-state index contributed by atoms with van der Waals surface area (Å²) < 4.78 is 1.17. The van der Waals surface area contributed by atoms with E-state index in [2.05, 4.69) is 52.4 Å². The molecule has 0 amide bonds. The van der Waals surface area contributed by atoms with Crippen molar-refractivity contribution in [1.29, 1.82) is 0 Å². The predicted octanol–water partition coefficient (Wildman–Crippen LogP) is 3.26. The maximum Gasteiger partial charge on any atom is 0.0253 e. The minimum absolute atomic E-state index is 1.17. The second kappa shape index (κ2) is 2.67. The van der Waals surface area contributed by atoms with E-state index in [4.69, 9.17) is 0 Å². The van der Waals surface area contributed by atoms with Crippen LogP contribution in [0.3, 0.4) is 0 Å². The Morgan fingerprint density at radius 3 is 2.18 bits per heavy atom. The van der Waals surface area contributed by atoms with Gasteiger partial charge >= 0.3 is 0 Å². The Balaban J connectivity index is 2.48. The topological polar surface area (TPSA) is 0 Å². The lowest BCUT2D eigenvalue weighted by Crippen LogP contribution is -1.77. The van der Waals surface area contributed by atoms with E-state index in [1.165, 1.54) is 15.6 Å². The maximum atomic E-state index is 3.49. The average molecular weight is 207 g/mol. The highest BCUT2D eigenvalue weighted by Crippen LogP contribution is 2.29. The van der Waals surface area contributed by atoms with Crippen LogP contribution < -0.4 is 0 Å². The van der Waals surface area contributed by atoms with Crippen molar-refractivity contribution in [2.24, 2.45) is 0 Å². The molecule has 2 rings (SSSR count). The Morgan fingerprint density at radius 1 is 0.909 bits per heavy atom. The number of allylic oxidation sites excluding steroid dienone is 10. The number of halogens is 1. The quantitative estimate of drug-likeness (QED) is 0.571. The van der Waals surface area contributed by atoms with E-state index in [0.717, 1.165) is 0 Å². The summed E-state index contributed by atoms with van der Waals surface area (Å²) in [5.41, 5.74) is 2.55. The van der Waals surface area contributed by atoms with E-state index in [0.29, 0.717) is 0 Å². The second-order valence-corrected chi connectivity index (χ2v) is 3.32. The van der Waals surface area contributed by atoms with E-state index in [-0.39, 0.29) is 0 Å². The molecule has 0 atom stereocenters. The molecule has 0 bridgehead atoms. The molecule has 2 aliphatic rings. The van der Waals surface area contributed by atoms with Crippen molar-refractivity contribution in [3.8, 4) is 0 Å². The number of hydrogen-bond donors (Lipinski definition) is 0. The van der Waals surface area contributed by atoms with E-state index >= 15 is 0 Å². The van der Waals surface area contributed by atoms with Gasteiger partial charge in [-0.2, -0.15) is 0 Å². The van der Waals surface area contributed by atoms with Crippen LogP contribution in [0.1, 0.15) is 0 Å². The van der Waals surface area contributed by atoms with Crippen molar-refractivity contribution in [3.05, 3.63) is 58.2 Å². The molecule has 54 valence electrons. The Hall–Kier alpha value is -0.820. The van der Waals surface area contributed by atoms with Crippen LogP contribution in [0.2, 0.25) is 0 Å². The van der Waals surface area contributed by atoms with E-state index in [1.807, 2.05) is 6.08 Å². The SMILES string of the molecule is BrC1=CC=CC1=C1C=CC=C1. The van der Waals surface area contributed by atoms with Crippen molar-refractivity contribution in [2.45, 2.75) is 0 Å². The molecule has 0 unspecified atom stereocenters. The molecule has 0 aliphatic heterocycles. The lowest BCUT2D eigenvalue weighted by Gasteiger charge is -1.97. The highest BCUT2D eigenvalue weighted by Gasteiger charge is 2.06. The highest BCUT2D eigenvalue weighted by atomic mass is 79.9. The molecule has 0 aromatic rings. The monoisotopic (exact) mass is 206 g/mol. The number of rotatable bonds is 0. The van der Waals surface area contributed by atoms with Gasteiger partial charge in [-0.15, -0.1) is 0 Å². The van der Waals surface area contributed by atoms with Crippen molar-refractivity contribution in [3.63, 3.8) is 0 Å². The summed E-state index contributed by atoms with van der Waals surface area (Å²) in [7, 11) is 0. The van der Waals surface area contributed by atoms with Gasteiger partial charge in [0.2, 0.25) is 0 Å². The Bertz CT molecular complexity index is 311. The van der Waals surface area contributed by atoms with Gasteiger partial charge in [0.1, 0.15) is 0 Å². The smallest absolute Gasteiger partial charge is 0.0253 e. The first kappa shape index (κ1) is 6.86. The third kappa shape index (κ3) is 1.16. The molecule has 0 radical (unpaired) electrons. The molecule has 11 heavy (non-hydrogen) atoms. The fourth-order valence-electron chi connectivity index (χ4n) is 1.19. The molecule has 0 fully saturated rings. The van der Waals surface area contributed by atoms with Crippen LogP contribution in [0.4, 0.5) is 0 Å². The van der Waals surface area contributed by atoms with Gasteiger partial charge in [0, 0.05) is 4.48 Å². The zero-order chi connectivity index (χ0) is 7.68. The fraction of sp³-hybridized carbons (Fsp3) is 0. The van der Waals surface area contributed by atoms with Gasteiger partial charge in [0.05, 0.1) is 0 Å². The third-order valence-corrected chi connectivity index (χ3v) is 2.43. The second-order valence-electron chi connectivity index (χ2n) is 2.46. The normalized spacial score (nSPS) is 20.3. The summed E-state index contributed by atoms with van der Waals surface area (Å²) in [6, 6.07) is 0. The van der Waals surface area contributed by atoms with Gasteiger partial charge in [-0.25, -0.2) is 0 Å². The molecule has 0 aromatic carbocycles. The van der Waals surface area contributed by atoms with Crippen LogP contribution >= 0.6 is 15.9 Å². The summed E-state index contributed by atoms with van der Waals surface area (Å²) >= 11 is 3.49. The average Bonchev–Trinajstić information content (AvgIpc) is 2.55. The summed E-state index contributed by atoms with van der Waals surface area (Å²) in [4.78, 5) is 0. The molecule has 1 heteroatoms. The molecule has 0 N–H and O–H groups in total. The van der Waals surface area contributed by atoms with Crippen LogP contribution in [-0.4, -0.2) is 0 Å². The van der Waals surface area contributed by atoms with Crippen molar-refractivity contribution < 1.29 is 0 Å². The van der Waals surface area contributed by atoms with Crippen LogP contribution in [0.25, 0.3) is 0 Å².